The molecule has 0 aliphatic carbocycles. The molecular weight excluding hydrogens is 182 g/mol. The maximum Gasteiger partial charge on any atom is 0.332 e. The fourth-order valence-electron chi connectivity index (χ4n) is 0.772. The summed E-state index contributed by atoms with van der Waals surface area (Å²) < 4.78 is 2.58. The molecule has 0 aromatic rings. The molecule has 5 nitrogen and oxygen atoms in total. The van der Waals surface area contributed by atoms with Crippen molar-refractivity contribution in [2.24, 2.45) is 0 Å². The van der Waals surface area contributed by atoms with Crippen molar-refractivity contribution in [3.05, 3.63) is 11.0 Å². The predicted molar refractivity (Wildman–Crippen MR) is 42.5 cm³/mol. The Morgan fingerprint density at radius 3 is 2.75 bits per heavy atom. The number of carboxylic acids is 2. The number of rotatable bonds is 2. The highest BCUT2D eigenvalue weighted by Crippen LogP contribution is 2.18. The van der Waals surface area contributed by atoms with E-state index in [4.69, 9.17) is 10.2 Å². The molecule has 0 fully saturated rings. The molecule has 0 saturated heterocycles. The van der Waals surface area contributed by atoms with Gasteiger partial charge in [-0.2, -0.15) is 0 Å². The highest BCUT2D eigenvalue weighted by molar-refractivity contribution is 8.00. The van der Waals surface area contributed by atoms with Gasteiger partial charge in [-0.05, 0) is 5.41 Å². The van der Waals surface area contributed by atoms with E-state index in [1.165, 1.54) is 5.41 Å². The Bertz CT molecular complexity index is 250. The van der Waals surface area contributed by atoms with Gasteiger partial charge < -0.3 is 10.2 Å². The molecule has 1 heterocycles. The van der Waals surface area contributed by atoms with Gasteiger partial charge in [0, 0.05) is 12.0 Å². The lowest BCUT2D eigenvalue weighted by atomic mass is 10.1. The molecule has 0 aromatic carbocycles. The van der Waals surface area contributed by atoms with Crippen molar-refractivity contribution in [1.29, 1.82) is 0 Å². The van der Waals surface area contributed by atoms with Gasteiger partial charge in [0.25, 0.3) is 0 Å². The Balaban J connectivity index is 2.65. The van der Waals surface area contributed by atoms with Crippen LogP contribution >= 0.6 is 11.9 Å². The van der Waals surface area contributed by atoms with Crippen LogP contribution < -0.4 is 4.72 Å². The molecule has 1 atom stereocenters. The van der Waals surface area contributed by atoms with Crippen LogP contribution in [0.15, 0.2) is 11.0 Å². The molecule has 1 rings (SSSR count). The Kier molecular flexibility index (Phi) is 2.72. The normalized spacial score (nSPS) is 23.0. The molecule has 1 unspecified atom stereocenters. The quantitative estimate of drug-likeness (QED) is 0.532. The van der Waals surface area contributed by atoms with E-state index < -0.39 is 18.0 Å². The number of nitrogens with one attached hydrogen (secondary N) is 1. The SMILES string of the molecule is O=C(O)C1=CSNC(C(=O)O)C1. The first kappa shape index (κ1) is 9.08. The zero-order valence-corrected chi connectivity index (χ0v) is 6.80. The van der Waals surface area contributed by atoms with Crippen LogP contribution in [0.5, 0.6) is 0 Å². The van der Waals surface area contributed by atoms with E-state index in [0.717, 1.165) is 11.9 Å². The molecule has 1 aliphatic rings. The minimum absolute atomic E-state index is 0.0255. The van der Waals surface area contributed by atoms with Crippen molar-refractivity contribution in [2.75, 3.05) is 0 Å². The summed E-state index contributed by atoms with van der Waals surface area (Å²) in [5.74, 6) is -2.09. The summed E-state index contributed by atoms with van der Waals surface area (Å²) in [6.07, 6.45) is 0.0255. The van der Waals surface area contributed by atoms with Crippen molar-refractivity contribution in [2.45, 2.75) is 12.5 Å². The zero-order valence-electron chi connectivity index (χ0n) is 5.98. The second kappa shape index (κ2) is 3.59. The van der Waals surface area contributed by atoms with Gasteiger partial charge in [0.15, 0.2) is 0 Å². The zero-order chi connectivity index (χ0) is 9.14. The lowest BCUT2D eigenvalue weighted by Gasteiger charge is -2.17. The van der Waals surface area contributed by atoms with Crippen LogP contribution in [0.1, 0.15) is 6.42 Å². The Hall–Kier alpha value is -1.01. The van der Waals surface area contributed by atoms with E-state index in [-0.39, 0.29) is 12.0 Å². The standard InChI is InChI=1S/C6H7NO4S/c8-5(9)3-1-4(6(10)11)7-12-2-3/h2,4,7H,1H2,(H,8,9)(H,10,11). The van der Waals surface area contributed by atoms with Gasteiger partial charge in [0.1, 0.15) is 6.04 Å². The fourth-order valence-corrected chi connectivity index (χ4v) is 1.53. The van der Waals surface area contributed by atoms with Crippen LogP contribution in [0.2, 0.25) is 0 Å². The molecule has 6 heteroatoms. The number of aliphatic carboxylic acids is 2. The third-order valence-corrected chi connectivity index (χ3v) is 2.23. The molecule has 0 amide bonds. The van der Waals surface area contributed by atoms with Crippen LogP contribution in [0, 0.1) is 0 Å². The first-order chi connectivity index (χ1) is 5.61. The van der Waals surface area contributed by atoms with Crippen LogP contribution in [-0.2, 0) is 9.59 Å². The molecule has 0 radical (unpaired) electrons. The van der Waals surface area contributed by atoms with Gasteiger partial charge in [0.2, 0.25) is 0 Å². The maximum absolute atomic E-state index is 10.4. The Labute approximate surface area is 72.6 Å². The number of carboxylic acid groups (broad SMARTS) is 2. The van der Waals surface area contributed by atoms with Crippen LogP contribution in [0.4, 0.5) is 0 Å². The van der Waals surface area contributed by atoms with Gasteiger partial charge in [0.05, 0.1) is 0 Å². The molecule has 1 aliphatic heterocycles. The topological polar surface area (TPSA) is 86.6 Å². The number of carbonyl (C=O) groups is 2. The average molecular weight is 189 g/mol. The van der Waals surface area contributed by atoms with Crippen molar-refractivity contribution < 1.29 is 19.8 Å². The predicted octanol–water partition coefficient (Wildman–Crippen LogP) is 0.0496. The van der Waals surface area contributed by atoms with Gasteiger partial charge >= 0.3 is 11.9 Å². The van der Waals surface area contributed by atoms with Crippen molar-refractivity contribution in [3.63, 3.8) is 0 Å². The first-order valence-corrected chi connectivity index (χ1v) is 4.05. The highest BCUT2D eigenvalue weighted by atomic mass is 32.2. The van der Waals surface area contributed by atoms with Crippen molar-refractivity contribution in [1.82, 2.24) is 4.72 Å². The van der Waals surface area contributed by atoms with Crippen molar-refractivity contribution in [3.8, 4) is 0 Å². The maximum atomic E-state index is 10.4. The molecule has 0 saturated carbocycles. The minimum atomic E-state index is -1.06. The third-order valence-electron chi connectivity index (χ3n) is 1.41. The molecule has 0 bridgehead atoms. The van der Waals surface area contributed by atoms with E-state index in [1.807, 2.05) is 0 Å². The van der Waals surface area contributed by atoms with Crippen LogP contribution in [0.25, 0.3) is 0 Å². The second-order valence-electron chi connectivity index (χ2n) is 2.28. The second-order valence-corrected chi connectivity index (χ2v) is 2.99. The lowest BCUT2D eigenvalue weighted by molar-refractivity contribution is -0.139. The smallest absolute Gasteiger partial charge is 0.332 e. The summed E-state index contributed by atoms with van der Waals surface area (Å²) in [7, 11) is 0. The Morgan fingerprint density at radius 2 is 2.25 bits per heavy atom. The third kappa shape index (κ3) is 1.99. The highest BCUT2D eigenvalue weighted by Gasteiger charge is 2.24. The van der Waals surface area contributed by atoms with E-state index in [2.05, 4.69) is 4.72 Å². The minimum Gasteiger partial charge on any atom is -0.480 e. The van der Waals surface area contributed by atoms with Crippen molar-refractivity contribution >= 4 is 23.9 Å². The molecule has 0 spiro atoms. The summed E-state index contributed by atoms with van der Waals surface area (Å²) in [6.45, 7) is 0. The van der Waals surface area contributed by atoms with E-state index in [9.17, 15) is 9.59 Å². The summed E-state index contributed by atoms with van der Waals surface area (Å²) in [4.78, 5) is 20.8. The van der Waals surface area contributed by atoms with E-state index >= 15 is 0 Å². The van der Waals surface area contributed by atoms with Crippen LogP contribution in [-0.4, -0.2) is 28.2 Å². The average Bonchev–Trinajstić information content (AvgIpc) is 2.04. The fraction of sp³-hybridized carbons (Fsp3) is 0.333. The van der Waals surface area contributed by atoms with Gasteiger partial charge in [-0.3, -0.25) is 4.79 Å². The lowest BCUT2D eigenvalue weighted by Crippen LogP contribution is -2.35. The summed E-state index contributed by atoms with van der Waals surface area (Å²) >= 11 is 0.994. The summed E-state index contributed by atoms with van der Waals surface area (Å²) in [5, 5.41) is 18.5. The molecular formula is C6H7NO4S. The largest absolute Gasteiger partial charge is 0.480 e. The van der Waals surface area contributed by atoms with Crippen LogP contribution in [0.3, 0.4) is 0 Å². The summed E-state index contributed by atoms with van der Waals surface area (Å²) in [6, 6.07) is -0.800. The van der Waals surface area contributed by atoms with Gasteiger partial charge in [-0.15, -0.1) is 0 Å². The Morgan fingerprint density at radius 1 is 1.58 bits per heavy atom. The van der Waals surface area contributed by atoms with Gasteiger partial charge in [-0.25, -0.2) is 9.52 Å². The molecule has 12 heavy (non-hydrogen) atoms. The van der Waals surface area contributed by atoms with E-state index in [1.54, 1.807) is 0 Å². The number of hydrogen-bond acceptors (Lipinski definition) is 4. The summed E-state index contributed by atoms with van der Waals surface area (Å²) in [5.41, 5.74) is 0.131. The molecule has 0 aromatic heterocycles. The first-order valence-electron chi connectivity index (χ1n) is 3.17. The molecule has 3 N–H and O–H groups in total. The monoisotopic (exact) mass is 189 g/mol. The molecule has 66 valence electrons. The van der Waals surface area contributed by atoms with Gasteiger partial charge in [-0.1, -0.05) is 11.9 Å². The van der Waals surface area contributed by atoms with E-state index in [0.29, 0.717) is 0 Å². The number of hydrogen-bond donors (Lipinski definition) is 3.